The second-order valence-electron chi connectivity index (χ2n) is 4.63. The van der Waals surface area contributed by atoms with E-state index in [4.69, 9.17) is 0 Å². The maximum atomic E-state index is 12.2. The van der Waals surface area contributed by atoms with Crippen molar-refractivity contribution in [2.45, 2.75) is 0 Å². The summed E-state index contributed by atoms with van der Waals surface area (Å²) < 4.78 is 0. The number of nitrogens with one attached hydrogen (secondary N) is 2. The minimum absolute atomic E-state index is 0.190. The van der Waals surface area contributed by atoms with Gasteiger partial charge in [-0.05, 0) is 30.3 Å². The number of hydrogen-bond acceptors (Lipinski definition) is 6. The van der Waals surface area contributed by atoms with Crippen LogP contribution in [-0.4, -0.2) is 31.8 Å². The summed E-state index contributed by atoms with van der Waals surface area (Å²) in [6, 6.07) is 9.55. The Hall–Kier alpha value is -3.68. The molecule has 8 heteroatoms. The monoisotopic (exact) mass is 320 g/mol. The van der Waals surface area contributed by atoms with Gasteiger partial charge in [0.05, 0.1) is 0 Å². The Labute approximate surface area is 137 Å². The molecule has 24 heavy (non-hydrogen) atoms. The molecular weight excluding hydrogens is 308 g/mol. The van der Waals surface area contributed by atoms with Crippen LogP contribution >= 0.6 is 0 Å². The zero-order valence-corrected chi connectivity index (χ0v) is 12.4. The third-order valence-electron chi connectivity index (χ3n) is 2.97. The molecule has 118 valence electrons. The Bertz CT molecular complexity index is 786. The molecular formula is C16H12N6O2. The van der Waals surface area contributed by atoms with Crippen molar-refractivity contribution in [3.05, 3.63) is 72.3 Å². The van der Waals surface area contributed by atoms with Gasteiger partial charge < -0.3 is 0 Å². The number of carbonyl (C=O) groups is 2. The highest BCUT2D eigenvalue weighted by Crippen LogP contribution is 2.09. The van der Waals surface area contributed by atoms with Crippen molar-refractivity contribution >= 4 is 23.7 Å². The second kappa shape index (κ2) is 7.05. The first kappa shape index (κ1) is 15.2. The number of aromatic nitrogens is 4. The number of nitrogens with zero attached hydrogens (tertiary/aromatic N) is 4. The minimum atomic E-state index is -0.410. The van der Waals surface area contributed by atoms with Gasteiger partial charge in [0.25, 0.3) is 11.8 Å². The molecule has 2 heterocycles. The zero-order chi connectivity index (χ0) is 16.8. The quantitative estimate of drug-likeness (QED) is 0.758. The summed E-state index contributed by atoms with van der Waals surface area (Å²) in [6.07, 6.45) is 6.08. The Morgan fingerprint density at radius 3 is 1.50 bits per heavy atom. The summed E-state index contributed by atoms with van der Waals surface area (Å²) >= 11 is 0. The van der Waals surface area contributed by atoms with E-state index in [2.05, 4.69) is 30.6 Å². The molecule has 1 aromatic carbocycles. The number of amides is 2. The molecule has 3 rings (SSSR count). The zero-order valence-electron chi connectivity index (χ0n) is 12.4. The lowest BCUT2D eigenvalue weighted by molar-refractivity contribution is 0.102. The number of benzene rings is 1. The van der Waals surface area contributed by atoms with Gasteiger partial charge in [-0.25, -0.2) is 19.9 Å². The van der Waals surface area contributed by atoms with E-state index in [1.165, 1.54) is 30.9 Å². The van der Waals surface area contributed by atoms with E-state index in [0.717, 1.165) is 0 Å². The van der Waals surface area contributed by atoms with Crippen LogP contribution in [0.5, 0.6) is 0 Å². The van der Waals surface area contributed by atoms with Crippen molar-refractivity contribution < 1.29 is 9.59 Å². The fraction of sp³-hybridized carbons (Fsp3) is 0. The van der Waals surface area contributed by atoms with E-state index in [1.807, 2.05) is 0 Å². The molecule has 0 radical (unpaired) electrons. The van der Waals surface area contributed by atoms with Gasteiger partial charge in [0, 0.05) is 35.9 Å². The highest BCUT2D eigenvalue weighted by molar-refractivity contribution is 6.07. The summed E-state index contributed by atoms with van der Waals surface area (Å²) in [5.74, 6) is -0.441. The van der Waals surface area contributed by atoms with Crippen LogP contribution in [0.25, 0.3) is 0 Å². The van der Waals surface area contributed by atoms with Gasteiger partial charge in [-0.3, -0.25) is 20.2 Å². The van der Waals surface area contributed by atoms with Crippen molar-refractivity contribution in [3.8, 4) is 0 Å². The molecule has 0 aliphatic heterocycles. The van der Waals surface area contributed by atoms with Crippen LogP contribution in [-0.2, 0) is 0 Å². The van der Waals surface area contributed by atoms with Gasteiger partial charge in [-0.2, -0.15) is 0 Å². The standard InChI is InChI=1S/C16H12N6O2/c23-13(21-15-17-6-2-7-18-15)11-4-1-5-12(10-11)14(24)22-16-19-8-3-9-20-16/h1-10H,(H,17,18,21,23)(H,19,20,22,24). The van der Waals surface area contributed by atoms with Crippen LogP contribution in [0.3, 0.4) is 0 Å². The van der Waals surface area contributed by atoms with Crippen molar-refractivity contribution in [1.29, 1.82) is 0 Å². The summed E-state index contributed by atoms with van der Waals surface area (Å²) in [7, 11) is 0. The molecule has 0 saturated heterocycles. The van der Waals surface area contributed by atoms with Gasteiger partial charge in [-0.15, -0.1) is 0 Å². The van der Waals surface area contributed by atoms with Crippen molar-refractivity contribution in [2.75, 3.05) is 10.6 Å². The molecule has 0 aliphatic rings. The topological polar surface area (TPSA) is 110 Å². The van der Waals surface area contributed by atoms with Crippen LogP contribution in [0.2, 0.25) is 0 Å². The van der Waals surface area contributed by atoms with E-state index in [-0.39, 0.29) is 11.9 Å². The van der Waals surface area contributed by atoms with Gasteiger partial charge in [0.15, 0.2) is 0 Å². The largest absolute Gasteiger partial charge is 0.290 e. The second-order valence-corrected chi connectivity index (χ2v) is 4.63. The predicted molar refractivity (Wildman–Crippen MR) is 86.4 cm³/mol. The molecule has 0 atom stereocenters. The first-order valence-corrected chi connectivity index (χ1v) is 6.99. The summed E-state index contributed by atoms with van der Waals surface area (Å²) in [6.45, 7) is 0. The van der Waals surface area contributed by atoms with Crippen LogP contribution in [0.1, 0.15) is 20.7 Å². The number of rotatable bonds is 4. The van der Waals surface area contributed by atoms with Crippen molar-refractivity contribution in [1.82, 2.24) is 19.9 Å². The fourth-order valence-corrected chi connectivity index (χ4v) is 1.88. The summed E-state index contributed by atoms with van der Waals surface area (Å²) in [4.78, 5) is 40.1. The predicted octanol–water partition coefficient (Wildman–Crippen LogP) is 1.77. The van der Waals surface area contributed by atoms with E-state index in [0.29, 0.717) is 11.1 Å². The highest BCUT2D eigenvalue weighted by atomic mass is 16.2. The van der Waals surface area contributed by atoms with E-state index in [9.17, 15) is 9.59 Å². The van der Waals surface area contributed by atoms with Gasteiger partial charge >= 0.3 is 0 Å². The molecule has 8 nitrogen and oxygen atoms in total. The van der Waals surface area contributed by atoms with Crippen LogP contribution < -0.4 is 10.6 Å². The number of hydrogen-bond donors (Lipinski definition) is 2. The molecule has 0 spiro atoms. The molecule has 0 bridgehead atoms. The lowest BCUT2D eigenvalue weighted by Crippen LogP contribution is -2.17. The number of anilines is 2. The Balaban J connectivity index is 1.74. The molecule has 0 aliphatic carbocycles. The van der Waals surface area contributed by atoms with Gasteiger partial charge in [0.2, 0.25) is 11.9 Å². The Morgan fingerprint density at radius 1 is 0.667 bits per heavy atom. The SMILES string of the molecule is O=C(Nc1ncccn1)c1cccc(C(=O)Nc2ncccn2)c1. The van der Waals surface area contributed by atoms with E-state index >= 15 is 0 Å². The number of carbonyl (C=O) groups excluding carboxylic acids is 2. The third-order valence-corrected chi connectivity index (χ3v) is 2.97. The van der Waals surface area contributed by atoms with Gasteiger partial charge in [0.1, 0.15) is 0 Å². The summed E-state index contributed by atoms with van der Waals surface area (Å²) in [5.41, 5.74) is 0.619. The van der Waals surface area contributed by atoms with Crippen molar-refractivity contribution in [3.63, 3.8) is 0 Å². The van der Waals surface area contributed by atoms with Crippen molar-refractivity contribution in [2.24, 2.45) is 0 Å². The summed E-state index contributed by atoms with van der Waals surface area (Å²) in [5, 5.41) is 5.11. The average molecular weight is 320 g/mol. The molecule has 3 aromatic rings. The fourth-order valence-electron chi connectivity index (χ4n) is 1.88. The maximum Gasteiger partial charge on any atom is 0.258 e. The molecule has 0 fully saturated rings. The molecule has 2 aromatic heterocycles. The van der Waals surface area contributed by atoms with Crippen LogP contribution in [0, 0.1) is 0 Å². The van der Waals surface area contributed by atoms with Crippen LogP contribution in [0.15, 0.2) is 61.2 Å². The van der Waals surface area contributed by atoms with Gasteiger partial charge in [-0.1, -0.05) is 6.07 Å². The first-order valence-electron chi connectivity index (χ1n) is 6.99. The molecule has 0 unspecified atom stereocenters. The Kier molecular flexibility index (Phi) is 4.47. The highest BCUT2D eigenvalue weighted by Gasteiger charge is 2.12. The lowest BCUT2D eigenvalue weighted by Gasteiger charge is -2.06. The average Bonchev–Trinajstić information content (AvgIpc) is 2.63. The molecule has 2 amide bonds. The molecule has 0 saturated carbocycles. The molecule has 2 N–H and O–H groups in total. The maximum absolute atomic E-state index is 12.2. The normalized spacial score (nSPS) is 10.0. The lowest BCUT2D eigenvalue weighted by atomic mass is 10.1. The Morgan fingerprint density at radius 2 is 1.08 bits per heavy atom. The first-order chi connectivity index (χ1) is 11.7. The smallest absolute Gasteiger partial charge is 0.258 e. The minimum Gasteiger partial charge on any atom is -0.290 e. The van der Waals surface area contributed by atoms with E-state index in [1.54, 1.807) is 30.3 Å². The van der Waals surface area contributed by atoms with Crippen LogP contribution in [0.4, 0.5) is 11.9 Å². The van der Waals surface area contributed by atoms with E-state index < -0.39 is 11.8 Å². The third kappa shape index (κ3) is 3.74.